The van der Waals surface area contributed by atoms with Crippen molar-refractivity contribution < 1.29 is 9.90 Å². The van der Waals surface area contributed by atoms with Gasteiger partial charge < -0.3 is 10.4 Å². The number of aliphatic hydroxyl groups is 1. The van der Waals surface area contributed by atoms with E-state index in [1.54, 1.807) is 11.8 Å². The Morgan fingerprint density at radius 1 is 1.42 bits per heavy atom. The first-order valence-corrected chi connectivity index (χ1v) is 7.93. The number of rotatable bonds is 6. The molecule has 0 saturated heterocycles. The van der Waals surface area contributed by atoms with Gasteiger partial charge in [-0.2, -0.15) is 11.8 Å². The van der Waals surface area contributed by atoms with Crippen molar-refractivity contribution in [3.63, 3.8) is 0 Å². The van der Waals surface area contributed by atoms with Crippen LogP contribution in [0.25, 0.3) is 0 Å². The molecule has 1 saturated carbocycles. The molecule has 0 aliphatic heterocycles. The fraction of sp³-hybridized carbons (Fsp3) is 0.533. The Hall–Kier alpha value is -1.00. The fourth-order valence-corrected chi connectivity index (χ4v) is 3.03. The molecule has 0 bridgehead atoms. The van der Waals surface area contributed by atoms with E-state index >= 15 is 0 Å². The van der Waals surface area contributed by atoms with Gasteiger partial charge >= 0.3 is 0 Å². The van der Waals surface area contributed by atoms with Crippen molar-refractivity contribution in [2.45, 2.75) is 36.5 Å². The largest absolute Gasteiger partial charge is 0.395 e. The lowest BCUT2D eigenvalue weighted by atomic mass is 9.94. The van der Waals surface area contributed by atoms with E-state index in [4.69, 9.17) is 0 Å². The molecule has 2 atom stereocenters. The third-order valence-corrected chi connectivity index (χ3v) is 5.07. The van der Waals surface area contributed by atoms with E-state index in [-0.39, 0.29) is 29.2 Å². The number of benzene rings is 1. The van der Waals surface area contributed by atoms with Gasteiger partial charge in [0.05, 0.1) is 12.0 Å². The normalized spacial score (nSPS) is 19.5. The Morgan fingerprint density at radius 3 is 2.53 bits per heavy atom. The van der Waals surface area contributed by atoms with Crippen LogP contribution in [0.1, 0.15) is 25.3 Å². The molecule has 2 unspecified atom stereocenters. The number of carbonyl (C=O) groups excluding carboxylic acids is 1. The fourth-order valence-electron chi connectivity index (χ4n) is 2.40. The average molecular weight is 279 g/mol. The molecule has 1 amide bonds. The average Bonchev–Trinajstić information content (AvgIpc) is 3.22. The molecule has 1 fully saturated rings. The molecule has 104 valence electrons. The predicted molar refractivity (Wildman–Crippen MR) is 79.3 cm³/mol. The molecule has 2 N–H and O–H groups in total. The number of hydrogen-bond acceptors (Lipinski definition) is 3. The van der Waals surface area contributed by atoms with Crippen LogP contribution in [0.4, 0.5) is 0 Å². The lowest BCUT2D eigenvalue weighted by molar-refractivity contribution is -0.124. The summed E-state index contributed by atoms with van der Waals surface area (Å²) < 4.78 is 0. The summed E-state index contributed by atoms with van der Waals surface area (Å²) in [6.07, 6.45) is 3.78. The molecule has 1 aliphatic carbocycles. The lowest BCUT2D eigenvalue weighted by Crippen LogP contribution is -2.45. The number of amides is 1. The molecular weight excluding hydrogens is 258 g/mol. The maximum atomic E-state index is 12.5. The first-order valence-electron chi connectivity index (χ1n) is 6.64. The maximum Gasteiger partial charge on any atom is 0.230 e. The highest BCUT2D eigenvalue weighted by atomic mass is 32.2. The van der Waals surface area contributed by atoms with Gasteiger partial charge in [-0.1, -0.05) is 30.3 Å². The zero-order chi connectivity index (χ0) is 13.9. The minimum atomic E-state index is -0.325. The monoisotopic (exact) mass is 279 g/mol. The van der Waals surface area contributed by atoms with Crippen LogP contribution >= 0.6 is 11.8 Å². The van der Waals surface area contributed by atoms with Gasteiger partial charge in [0, 0.05) is 11.3 Å². The third-order valence-electron chi connectivity index (χ3n) is 3.91. The zero-order valence-corrected chi connectivity index (χ0v) is 12.2. The van der Waals surface area contributed by atoms with Gasteiger partial charge in [0.2, 0.25) is 5.91 Å². The van der Waals surface area contributed by atoms with Crippen LogP contribution < -0.4 is 5.32 Å². The van der Waals surface area contributed by atoms with Crippen molar-refractivity contribution in [1.29, 1.82) is 0 Å². The smallest absolute Gasteiger partial charge is 0.230 e. The van der Waals surface area contributed by atoms with Crippen LogP contribution in [0, 0.1) is 0 Å². The standard InChI is InChI=1S/C15H21NO2S/c1-11(13(10-17)19-2)16-14(18)15(8-9-15)12-6-4-3-5-7-12/h3-7,11,13,17H,8-10H2,1-2H3,(H,16,18). The van der Waals surface area contributed by atoms with Gasteiger partial charge in [0.25, 0.3) is 0 Å². The summed E-state index contributed by atoms with van der Waals surface area (Å²) >= 11 is 1.58. The molecule has 19 heavy (non-hydrogen) atoms. The van der Waals surface area contributed by atoms with Gasteiger partial charge in [-0.3, -0.25) is 4.79 Å². The Labute approximate surface area is 118 Å². The van der Waals surface area contributed by atoms with E-state index in [0.29, 0.717) is 0 Å². The van der Waals surface area contributed by atoms with Crippen molar-refractivity contribution in [2.75, 3.05) is 12.9 Å². The van der Waals surface area contributed by atoms with Crippen molar-refractivity contribution >= 4 is 17.7 Å². The van der Waals surface area contributed by atoms with E-state index in [9.17, 15) is 9.90 Å². The van der Waals surface area contributed by atoms with Gasteiger partial charge in [0.15, 0.2) is 0 Å². The first kappa shape index (κ1) is 14.4. The summed E-state index contributed by atoms with van der Waals surface area (Å²) in [4.78, 5) is 12.5. The highest BCUT2D eigenvalue weighted by molar-refractivity contribution is 7.99. The van der Waals surface area contributed by atoms with E-state index in [1.807, 2.05) is 43.5 Å². The third kappa shape index (κ3) is 2.95. The Balaban J connectivity index is 2.04. The number of thioether (sulfide) groups is 1. The van der Waals surface area contributed by atoms with Crippen LogP contribution in [-0.2, 0) is 10.2 Å². The van der Waals surface area contributed by atoms with Gasteiger partial charge in [-0.05, 0) is 31.6 Å². The summed E-state index contributed by atoms with van der Waals surface area (Å²) in [6.45, 7) is 2.04. The second kappa shape index (κ2) is 5.97. The molecule has 1 aromatic carbocycles. The minimum absolute atomic E-state index is 0.0197. The lowest BCUT2D eigenvalue weighted by Gasteiger charge is -2.24. The SMILES string of the molecule is CSC(CO)C(C)NC(=O)C1(c2ccccc2)CC1. The molecule has 3 nitrogen and oxygen atoms in total. The highest BCUT2D eigenvalue weighted by Gasteiger charge is 2.51. The van der Waals surface area contributed by atoms with Gasteiger partial charge in [0.1, 0.15) is 0 Å². The molecule has 0 aromatic heterocycles. The second-order valence-electron chi connectivity index (χ2n) is 5.17. The topological polar surface area (TPSA) is 49.3 Å². The number of aliphatic hydroxyl groups excluding tert-OH is 1. The Bertz CT molecular complexity index is 427. The summed E-state index contributed by atoms with van der Waals surface area (Å²) in [5.74, 6) is 0.0960. The van der Waals surface area contributed by atoms with Crippen molar-refractivity contribution in [2.24, 2.45) is 0 Å². The van der Waals surface area contributed by atoms with Crippen LogP contribution in [0.15, 0.2) is 30.3 Å². The molecular formula is C15H21NO2S. The van der Waals surface area contributed by atoms with Crippen LogP contribution in [0.3, 0.4) is 0 Å². The van der Waals surface area contributed by atoms with Crippen molar-refractivity contribution in [3.8, 4) is 0 Å². The number of hydrogen-bond donors (Lipinski definition) is 2. The molecule has 4 heteroatoms. The summed E-state index contributed by atoms with van der Waals surface area (Å²) in [5, 5.41) is 12.4. The molecule has 0 radical (unpaired) electrons. The molecule has 1 aromatic rings. The maximum absolute atomic E-state index is 12.5. The minimum Gasteiger partial charge on any atom is -0.395 e. The van der Waals surface area contributed by atoms with E-state index in [0.717, 1.165) is 18.4 Å². The molecule has 0 spiro atoms. The van der Waals surface area contributed by atoms with Gasteiger partial charge in [-0.25, -0.2) is 0 Å². The Kier molecular flexibility index (Phi) is 4.53. The van der Waals surface area contributed by atoms with Crippen molar-refractivity contribution in [3.05, 3.63) is 35.9 Å². The molecule has 2 rings (SSSR count). The van der Waals surface area contributed by atoms with Gasteiger partial charge in [-0.15, -0.1) is 0 Å². The summed E-state index contributed by atoms with van der Waals surface area (Å²) in [7, 11) is 0. The zero-order valence-electron chi connectivity index (χ0n) is 11.4. The van der Waals surface area contributed by atoms with Crippen molar-refractivity contribution in [1.82, 2.24) is 5.32 Å². The van der Waals surface area contributed by atoms with Crippen LogP contribution in [-0.4, -0.2) is 35.2 Å². The highest BCUT2D eigenvalue weighted by Crippen LogP contribution is 2.48. The number of carbonyl (C=O) groups is 1. The summed E-state index contributed by atoms with van der Waals surface area (Å²) in [5.41, 5.74) is 0.776. The predicted octanol–water partition coefficient (Wildman–Crippen LogP) is 1.95. The van der Waals surface area contributed by atoms with Crippen LogP contribution in [0.2, 0.25) is 0 Å². The number of nitrogens with one attached hydrogen (secondary N) is 1. The second-order valence-corrected chi connectivity index (χ2v) is 6.24. The first-order chi connectivity index (χ1) is 9.14. The summed E-state index contributed by atoms with van der Waals surface area (Å²) in [6, 6.07) is 9.95. The van der Waals surface area contributed by atoms with E-state index < -0.39 is 0 Å². The van der Waals surface area contributed by atoms with E-state index in [1.165, 1.54) is 0 Å². The molecule has 0 heterocycles. The quantitative estimate of drug-likeness (QED) is 0.837. The Morgan fingerprint density at radius 2 is 2.05 bits per heavy atom. The van der Waals surface area contributed by atoms with E-state index in [2.05, 4.69) is 5.32 Å². The molecule has 1 aliphatic rings. The van der Waals surface area contributed by atoms with Crippen LogP contribution in [0.5, 0.6) is 0 Å².